The molecule has 0 aliphatic carbocycles. The van der Waals surface area contributed by atoms with Gasteiger partial charge in [0.25, 0.3) is 11.6 Å². The van der Waals surface area contributed by atoms with Crippen LogP contribution in [0.5, 0.6) is 0 Å². The summed E-state index contributed by atoms with van der Waals surface area (Å²) in [5.41, 5.74) is -0.434. The van der Waals surface area contributed by atoms with Crippen LogP contribution in [0.1, 0.15) is 0 Å². The van der Waals surface area contributed by atoms with Gasteiger partial charge in [0.05, 0.1) is 18.3 Å². The second-order valence-electron chi connectivity index (χ2n) is 6.11. The van der Waals surface area contributed by atoms with Crippen LogP contribution in [0, 0.1) is 11.6 Å². The Morgan fingerprint density at radius 2 is 1.70 bits per heavy atom. The summed E-state index contributed by atoms with van der Waals surface area (Å²) in [6, 6.07) is 7.78. The van der Waals surface area contributed by atoms with E-state index < -0.39 is 44.7 Å². The summed E-state index contributed by atoms with van der Waals surface area (Å²) < 4.78 is 76.1. The van der Waals surface area contributed by atoms with Crippen molar-refractivity contribution in [2.45, 2.75) is 11.4 Å². The van der Waals surface area contributed by atoms with Gasteiger partial charge in [0.2, 0.25) is 10.0 Å². The molecule has 2 N–H and O–H groups in total. The zero-order valence-corrected chi connectivity index (χ0v) is 15.8. The fourth-order valence-electron chi connectivity index (χ4n) is 2.79. The van der Waals surface area contributed by atoms with E-state index in [0.29, 0.717) is 6.08 Å². The third kappa shape index (κ3) is 4.47. The van der Waals surface area contributed by atoms with Crippen LogP contribution < -0.4 is 10.7 Å². The van der Waals surface area contributed by atoms with Crippen LogP contribution in [0.25, 0.3) is 22.3 Å². The van der Waals surface area contributed by atoms with Crippen LogP contribution in [-0.4, -0.2) is 18.2 Å². The van der Waals surface area contributed by atoms with Crippen molar-refractivity contribution in [2.24, 2.45) is 5.14 Å². The number of halogens is 4. The standard InChI is InChI=1S/C19H13F4N3O3S/c20-13-4-1-11(2-5-13)18-14(10-25-26(19(18)27)8-7-17(22)23)12-3-6-16(15(21)9-12)30(24,28)29/h1-7,9-10H,8H2,(H2,24,28,29). The lowest BCUT2D eigenvalue weighted by molar-refractivity contribution is 0.413. The number of allylic oxidation sites excluding steroid dienone is 1. The van der Waals surface area contributed by atoms with Crippen LogP contribution in [0.15, 0.2) is 70.5 Å². The highest BCUT2D eigenvalue weighted by Crippen LogP contribution is 2.30. The van der Waals surface area contributed by atoms with Crippen molar-refractivity contribution in [3.8, 4) is 22.3 Å². The van der Waals surface area contributed by atoms with Gasteiger partial charge in [0.15, 0.2) is 0 Å². The Bertz CT molecular complexity index is 1300. The van der Waals surface area contributed by atoms with E-state index in [4.69, 9.17) is 5.14 Å². The van der Waals surface area contributed by atoms with Crippen molar-refractivity contribution in [1.29, 1.82) is 0 Å². The third-order valence-corrected chi connectivity index (χ3v) is 5.09. The summed E-state index contributed by atoms with van der Waals surface area (Å²) in [5, 5.41) is 8.77. The molecule has 3 rings (SSSR count). The molecule has 3 aromatic rings. The number of sulfonamides is 1. The van der Waals surface area contributed by atoms with E-state index in [1.54, 1.807) is 0 Å². The topological polar surface area (TPSA) is 95.1 Å². The number of nitrogens with zero attached hydrogens (tertiary/aromatic N) is 2. The Balaban J connectivity index is 2.25. The average molecular weight is 439 g/mol. The van der Waals surface area contributed by atoms with Crippen molar-refractivity contribution in [1.82, 2.24) is 9.78 Å². The Morgan fingerprint density at radius 1 is 1.07 bits per heavy atom. The zero-order chi connectivity index (χ0) is 22.1. The van der Waals surface area contributed by atoms with Crippen molar-refractivity contribution in [2.75, 3.05) is 0 Å². The first-order valence-electron chi connectivity index (χ1n) is 8.28. The molecule has 2 aromatic carbocycles. The lowest BCUT2D eigenvalue weighted by Crippen LogP contribution is -2.24. The number of hydrogen-bond acceptors (Lipinski definition) is 4. The molecule has 0 aliphatic rings. The number of aromatic nitrogens is 2. The predicted molar refractivity (Wildman–Crippen MR) is 101 cm³/mol. The van der Waals surface area contributed by atoms with Gasteiger partial charge in [-0.05, 0) is 35.4 Å². The molecule has 0 atom stereocenters. The van der Waals surface area contributed by atoms with Gasteiger partial charge in [-0.2, -0.15) is 13.9 Å². The molecular formula is C19H13F4N3O3S. The molecule has 0 unspecified atom stereocenters. The van der Waals surface area contributed by atoms with Gasteiger partial charge in [-0.15, -0.1) is 0 Å². The van der Waals surface area contributed by atoms with E-state index in [9.17, 15) is 30.8 Å². The van der Waals surface area contributed by atoms with Crippen LogP contribution >= 0.6 is 0 Å². The summed E-state index contributed by atoms with van der Waals surface area (Å²) in [4.78, 5) is 12.2. The molecule has 1 heterocycles. The Labute approximate surface area is 167 Å². The second kappa shape index (κ2) is 8.20. The molecular weight excluding hydrogens is 426 g/mol. The summed E-state index contributed by atoms with van der Waals surface area (Å²) in [6.45, 7) is -0.519. The Morgan fingerprint density at radius 3 is 2.27 bits per heavy atom. The molecule has 0 amide bonds. The lowest BCUT2D eigenvalue weighted by atomic mass is 9.97. The molecule has 0 fully saturated rings. The van der Waals surface area contributed by atoms with Crippen molar-refractivity contribution in [3.05, 3.63) is 82.8 Å². The van der Waals surface area contributed by atoms with Crippen LogP contribution in [0.4, 0.5) is 17.6 Å². The van der Waals surface area contributed by atoms with Gasteiger partial charge >= 0.3 is 0 Å². The van der Waals surface area contributed by atoms with E-state index >= 15 is 0 Å². The van der Waals surface area contributed by atoms with Crippen LogP contribution in [0.2, 0.25) is 0 Å². The van der Waals surface area contributed by atoms with E-state index in [0.717, 1.165) is 35.1 Å². The van der Waals surface area contributed by atoms with Crippen molar-refractivity contribution >= 4 is 10.0 Å². The SMILES string of the molecule is NS(=O)(=O)c1ccc(-c2cnn(CC=C(F)F)c(=O)c2-c2ccc(F)cc2)cc1F. The first-order chi connectivity index (χ1) is 14.1. The van der Waals surface area contributed by atoms with E-state index in [1.807, 2.05) is 0 Å². The molecule has 0 spiro atoms. The maximum Gasteiger partial charge on any atom is 0.275 e. The smallest absolute Gasteiger partial charge is 0.267 e. The summed E-state index contributed by atoms with van der Waals surface area (Å²) in [5.74, 6) is -1.72. The van der Waals surface area contributed by atoms with Gasteiger partial charge in [0.1, 0.15) is 16.5 Å². The average Bonchev–Trinajstić information content (AvgIpc) is 2.66. The first-order valence-corrected chi connectivity index (χ1v) is 9.82. The first kappa shape index (κ1) is 21.4. The Hall–Kier alpha value is -3.31. The molecule has 0 bridgehead atoms. The normalized spacial score (nSPS) is 11.4. The molecule has 30 heavy (non-hydrogen) atoms. The minimum absolute atomic E-state index is 0.0552. The Kier molecular flexibility index (Phi) is 5.85. The van der Waals surface area contributed by atoms with Gasteiger partial charge in [0, 0.05) is 11.6 Å². The fourth-order valence-corrected chi connectivity index (χ4v) is 3.38. The summed E-state index contributed by atoms with van der Waals surface area (Å²) in [6.07, 6.45) is -0.366. The highest BCUT2D eigenvalue weighted by molar-refractivity contribution is 7.89. The molecule has 156 valence electrons. The quantitative estimate of drug-likeness (QED) is 0.618. The molecule has 0 aliphatic heterocycles. The van der Waals surface area contributed by atoms with E-state index in [-0.39, 0.29) is 22.3 Å². The summed E-state index contributed by atoms with van der Waals surface area (Å²) >= 11 is 0. The lowest BCUT2D eigenvalue weighted by Gasteiger charge is -2.12. The minimum atomic E-state index is -4.31. The number of nitrogens with two attached hydrogens (primary N) is 1. The van der Waals surface area contributed by atoms with Crippen LogP contribution in [0.3, 0.4) is 0 Å². The molecule has 0 saturated carbocycles. The van der Waals surface area contributed by atoms with Gasteiger partial charge in [-0.3, -0.25) is 4.79 Å². The van der Waals surface area contributed by atoms with Gasteiger partial charge < -0.3 is 0 Å². The maximum atomic E-state index is 14.3. The molecule has 0 radical (unpaired) electrons. The van der Waals surface area contributed by atoms with Crippen molar-refractivity contribution < 1.29 is 26.0 Å². The third-order valence-electron chi connectivity index (χ3n) is 4.14. The zero-order valence-electron chi connectivity index (χ0n) is 15.0. The summed E-state index contributed by atoms with van der Waals surface area (Å²) in [7, 11) is -4.31. The molecule has 6 nitrogen and oxygen atoms in total. The number of rotatable bonds is 5. The highest BCUT2D eigenvalue weighted by Gasteiger charge is 2.19. The van der Waals surface area contributed by atoms with Gasteiger partial charge in [-0.25, -0.2) is 27.0 Å². The molecule has 11 heteroatoms. The number of benzene rings is 2. The van der Waals surface area contributed by atoms with E-state index in [2.05, 4.69) is 5.10 Å². The van der Waals surface area contributed by atoms with Crippen LogP contribution in [-0.2, 0) is 16.6 Å². The maximum absolute atomic E-state index is 14.3. The largest absolute Gasteiger partial charge is 0.275 e. The second-order valence-corrected chi connectivity index (χ2v) is 7.64. The van der Waals surface area contributed by atoms with Gasteiger partial charge in [-0.1, -0.05) is 18.2 Å². The van der Waals surface area contributed by atoms with Crippen molar-refractivity contribution in [3.63, 3.8) is 0 Å². The molecule has 1 aromatic heterocycles. The fraction of sp³-hybridized carbons (Fsp3) is 0.0526. The number of primary sulfonamides is 1. The minimum Gasteiger partial charge on any atom is -0.267 e. The monoisotopic (exact) mass is 439 g/mol. The highest BCUT2D eigenvalue weighted by atomic mass is 32.2. The van der Waals surface area contributed by atoms with E-state index in [1.165, 1.54) is 18.2 Å². The predicted octanol–water partition coefficient (Wildman–Crippen LogP) is 3.28. The molecule has 0 saturated heterocycles. The number of hydrogen-bond donors (Lipinski definition) is 1.